The Morgan fingerprint density at radius 2 is 1.64 bits per heavy atom. The van der Waals surface area contributed by atoms with E-state index >= 15 is 0 Å². The van der Waals surface area contributed by atoms with E-state index in [1.54, 1.807) is 13.1 Å². The van der Waals surface area contributed by atoms with Crippen molar-refractivity contribution in [3.05, 3.63) is 12.2 Å². The standard InChI is InChI=1S/C16H31NO4S/c1-3-4-5-6-7-8-9-10-11-13-16(18)17(2)14-12-15-22(19,20)21/h11,13H,3-10,12,14-15H2,1-2H3,(H,19,20,21)/b13-11+. The molecule has 130 valence electrons. The van der Waals surface area contributed by atoms with Gasteiger partial charge in [-0.1, -0.05) is 51.5 Å². The Labute approximate surface area is 135 Å². The van der Waals surface area contributed by atoms with Crippen molar-refractivity contribution in [3.8, 4) is 0 Å². The molecule has 1 amide bonds. The number of allylic oxidation sites excluding steroid dienone is 1. The predicted octanol–water partition coefficient (Wildman–Crippen LogP) is 3.42. The third-order valence-electron chi connectivity index (χ3n) is 3.51. The summed E-state index contributed by atoms with van der Waals surface area (Å²) < 4.78 is 29.8. The van der Waals surface area contributed by atoms with Gasteiger partial charge in [-0.05, 0) is 25.3 Å². The molecule has 0 aliphatic heterocycles. The highest BCUT2D eigenvalue weighted by molar-refractivity contribution is 7.85. The van der Waals surface area contributed by atoms with Crippen LogP contribution in [-0.4, -0.2) is 43.1 Å². The molecule has 0 aliphatic rings. The molecule has 0 saturated heterocycles. The van der Waals surface area contributed by atoms with Gasteiger partial charge in [-0.15, -0.1) is 0 Å². The molecular weight excluding hydrogens is 302 g/mol. The Morgan fingerprint density at radius 1 is 1.05 bits per heavy atom. The topological polar surface area (TPSA) is 74.7 Å². The lowest BCUT2D eigenvalue weighted by molar-refractivity contribution is -0.124. The fraction of sp³-hybridized carbons (Fsp3) is 0.812. The zero-order valence-electron chi connectivity index (χ0n) is 14.0. The second kappa shape index (κ2) is 12.6. The molecule has 5 nitrogen and oxygen atoms in total. The van der Waals surface area contributed by atoms with Gasteiger partial charge in [0.2, 0.25) is 5.91 Å². The summed E-state index contributed by atoms with van der Waals surface area (Å²) in [5.41, 5.74) is 0. The lowest BCUT2D eigenvalue weighted by Gasteiger charge is -2.14. The number of nitrogens with zero attached hydrogens (tertiary/aromatic N) is 1. The molecule has 0 heterocycles. The molecular formula is C16H31NO4S. The van der Waals surface area contributed by atoms with Gasteiger partial charge in [-0.2, -0.15) is 8.42 Å². The largest absolute Gasteiger partial charge is 0.342 e. The molecule has 0 radical (unpaired) electrons. The van der Waals surface area contributed by atoms with Gasteiger partial charge in [0.05, 0.1) is 5.75 Å². The summed E-state index contributed by atoms with van der Waals surface area (Å²) >= 11 is 0. The minimum Gasteiger partial charge on any atom is -0.342 e. The van der Waals surface area contributed by atoms with Crippen LogP contribution in [0.15, 0.2) is 12.2 Å². The fourth-order valence-corrected chi connectivity index (χ4v) is 2.62. The lowest BCUT2D eigenvalue weighted by Crippen LogP contribution is -2.27. The van der Waals surface area contributed by atoms with E-state index in [0.29, 0.717) is 6.54 Å². The zero-order chi connectivity index (χ0) is 16.8. The maximum atomic E-state index is 11.7. The van der Waals surface area contributed by atoms with E-state index in [1.807, 2.05) is 6.08 Å². The minimum atomic E-state index is -3.94. The van der Waals surface area contributed by atoms with Gasteiger partial charge in [-0.25, -0.2) is 0 Å². The number of hydrogen-bond donors (Lipinski definition) is 1. The maximum absolute atomic E-state index is 11.7. The molecule has 0 aliphatic carbocycles. The second-order valence-electron chi connectivity index (χ2n) is 5.71. The monoisotopic (exact) mass is 333 g/mol. The molecule has 0 atom stereocenters. The lowest BCUT2D eigenvalue weighted by atomic mass is 10.1. The number of unbranched alkanes of at least 4 members (excludes halogenated alkanes) is 7. The summed E-state index contributed by atoms with van der Waals surface area (Å²) in [6.45, 7) is 2.53. The summed E-state index contributed by atoms with van der Waals surface area (Å²) in [6.07, 6.45) is 13.3. The zero-order valence-corrected chi connectivity index (χ0v) is 14.8. The Kier molecular flexibility index (Phi) is 12.1. The summed E-state index contributed by atoms with van der Waals surface area (Å²) in [7, 11) is -2.31. The van der Waals surface area contributed by atoms with Crippen molar-refractivity contribution in [1.82, 2.24) is 4.90 Å². The van der Waals surface area contributed by atoms with Gasteiger partial charge in [0.1, 0.15) is 0 Å². The van der Waals surface area contributed by atoms with Crippen molar-refractivity contribution in [1.29, 1.82) is 0 Å². The molecule has 0 aromatic carbocycles. The van der Waals surface area contributed by atoms with Crippen LogP contribution in [0.4, 0.5) is 0 Å². The number of amides is 1. The van der Waals surface area contributed by atoms with E-state index in [1.165, 1.54) is 43.4 Å². The van der Waals surface area contributed by atoms with Crippen molar-refractivity contribution >= 4 is 16.0 Å². The fourth-order valence-electron chi connectivity index (χ4n) is 2.13. The van der Waals surface area contributed by atoms with Crippen LogP contribution in [0.1, 0.15) is 64.7 Å². The van der Waals surface area contributed by atoms with E-state index in [0.717, 1.165) is 12.8 Å². The highest BCUT2D eigenvalue weighted by atomic mass is 32.2. The van der Waals surface area contributed by atoms with Crippen molar-refractivity contribution in [3.63, 3.8) is 0 Å². The Bertz CT molecular complexity index is 418. The summed E-state index contributed by atoms with van der Waals surface area (Å²) in [5.74, 6) is -0.440. The first kappa shape index (κ1) is 21.1. The van der Waals surface area contributed by atoms with Crippen LogP contribution in [0.2, 0.25) is 0 Å². The Balaban J connectivity index is 3.64. The number of carbonyl (C=O) groups is 1. The first-order valence-corrected chi connectivity index (χ1v) is 9.84. The minimum absolute atomic E-state index is 0.127. The van der Waals surface area contributed by atoms with Gasteiger partial charge in [0.15, 0.2) is 0 Å². The first-order valence-electron chi connectivity index (χ1n) is 8.23. The average Bonchev–Trinajstić information content (AvgIpc) is 2.43. The van der Waals surface area contributed by atoms with Gasteiger partial charge in [0.25, 0.3) is 10.1 Å². The van der Waals surface area contributed by atoms with E-state index in [4.69, 9.17) is 4.55 Å². The van der Waals surface area contributed by atoms with Gasteiger partial charge in [0, 0.05) is 13.6 Å². The van der Waals surface area contributed by atoms with E-state index in [2.05, 4.69) is 6.92 Å². The van der Waals surface area contributed by atoms with Crippen LogP contribution in [0.3, 0.4) is 0 Å². The summed E-state index contributed by atoms with van der Waals surface area (Å²) in [4.78, 5) is 13.2. The molecule has 6 heteroatoms. The molecule has 0 rings (SSSR count). The number of likely N-dealkylation sites (N-methyl/N-ethyl adjacent to an activating group) is 1. The number of hydrogen-bond acceptors (Lipinski definition) is 3. The molecule has 0 aromatic rings. The molecule has 22 heavy (non-hydrogen) atoms. The predicted molar refractivity (Wildman–Crippen MR) is 90.4 cm³/mol. The first-order chi connectivity index (χ1) is 10.4. The highest BCUT2D eigenvalue weighted by Gasteiger charge is 2.08. The van der Waals surface area contributed by atoms with Crippen molar-refractivity contribution in [2.45, 2.75) is 64.7 Å². The van der Waals surface area contributed by atoms with Crippen molar-refractivity contribution in [2.24, 2.45) is 0 Å². The highest BCUT2D eigenvalue weighted by Crippen LogP contribution is 2.08. The van der Waals surface area contributed by atoms with Gasteiger partial charge in [-0.3, -0.25) is 9.35 Å². The average molecular weight is 333 g/mol. The number of carbonyl (C=O) groups excluding carboxylic acids is 1. The van der Waals surface area contributed by atoms with Crippen LogP contribution < -0.4 is 0 Å². The van der Waals surface area contributed by atoms with Crippen LogP contribution in [0.25, 0.3) is 0 Å². The van der Waals surface area contributed by atoms with E-state index in [9.17, 15) is 13.2 Å². The third kappa shape index (κ3) is 14.1. The van der Waals surface area contributed by atoms with Crippen LogP contribution in [-0.2, 0) is 14.9 Å². The quantitative estimate of drug-likeness (QED) is 0.318. The smallest absolute Gasteiger partial charge is 0.264 e. The molecule has 0 aromatic heterocycles. The second-order valence-corrected chi connectivity index (χ2v) is 7.28. The molecule has 0 saturated carbocycles. The summed E-state index contributed by atoms with van der Waals surface area (Å²) in [6, 6.07) is 0. The SMILES string of the molecule is CCCCCCCCC/C=C/C(=O)N(C)CCCS(=O)(=O)O. The third-order valence-corrected chi connectivity index (χ3v) is 4.31. The number of rotatable bonds is 13. The molecule has 0 unspecified atom stereocenters. The van der Waals surface area contributed by atoms with Crippen LogP contribution >= 0.6 is 0 Å². The molecule has 0 spiro atoms. The van der Waals surface area contributed by atoms with E-state index < -0.39 is 10.1 Å². The van der Waals surface area contributed by atoms with Crippen LogP contribution in [0, 0.1) is 0 Å². The van der Waals surface area contributed by atoms with E-state index in [-0.39, 0.29) is 18.1 Å². The normalized spacial score (nSPS) is 12.0. The van der Waals surface area contributed by atoms with Crippen molar-refractivity contribution < 1.29 is 17.8 Å². The Hall–Kier alpha value is -0.880. The molecule has 0 bridgehead atoms. The van der Waals surface area contributed by atoms with Gasteiger partial charge >= 0.3 is 0 Å². The molecule has 1 N–H and O–H groups in total. The molecule has 0 fully saturated rings. The Morgan fingerprint density at radius 3 is 2.23 bits per heavy atom. The van der Waals surface area contributed by atoms with Gasteiger partial charge < -0.3 is 4.90 Å². The van der Waals surface area contributed by atoms with Crippen LogP contribution in [0.5, 0.6) is 0 Å². The summed E-state index contributed by atoms with van der Waals surface area (Å²) in [5, 5.41) is 0. The van der Waals surface area contributed by atoms with Crippen molar-refractivity contribution in [2.75, 3.05) is 19.3 Å². The maximum Gasteiger partial charge on any atom is 0.264 e.